The molecule has 2 aliphatic rings. The summed E-state index contributed by atoms with van der Waals surface area (Å²) in [5.41, 5.74) is 5.67. The highest BCUT2D eigenvalue weighted by Gasteiger charge is 2.32. The SMILES string of the molecule is CS(=O)(=O)N1CC(CN=C(N)NC2CC2)C1.I. The van der Waals surface area contributed by atoms with Crippen LogP contribution in [0.2, 0.25) is 0 Å². The molecule has 3 N–H and O–H groups in total. The molecule has 1 aliphatic heterocycles. The second kappa shape index (κ2) is 5.70. The monoisotopic (exact) mass is 374 g/mol. The minimum absolute atomic E-state index is 0. The number of halogens is 1. The van der Waals surface area contributed by atoms with Crippen LogP contribution in [0.15, 0.2) is 4.99 Å². The largest absolute Gasteiger partial charge is 0.370 e. The van der Waals surface area contributed by atoms with E-state index in [1.165, 1.54) is 23.4 Å². The Kier molecular flexibility index (Phi) is 5.02. The topological polar surface area (TPSA) is 87.8 Å². The van der Waals surface area contributed by atoms with Crippen molar-refractivity contribution in [1.29, 1.82) is 0 Å². The fraction of sp³-hybridized carbons (Fsp3) is 0.889. The van der Waals surface area contributed by atoms with Gasteiger partial charge in [-0.25, -0.2) is 12.7 Å². The van der Waals surface area contributed by atoms with E-state index in [9.17, 15) is 8.42 Å². The third-order valence-electron chi connectivity index (χ3n) is 2.84. The highest BCUT2D eigenvalue weighted by atomic mass is 127. The summed E-state index contributed by atoms with van der Waals surface area (Å²) in [7, 11) is -3.01. The Morgan fingerprint density at radius 3 is 2.53 bits per heavy atom. The lowest BCUT2D eigenvalue weighted by molar-refractivity contribution is 0.209. The molecule has 0 unspecified atom stereocenters. The van der Waals surface area contributed by atoms with Gasteiger partial charge in [0.05, 0.1) is 6.26 Å². The van der Waals surface area contributed by atoms with Crippen molar-refractivity contribution in [2.24, 2.45) is 16.6 Å². The Balaban J connectivity index is 0.00000144. The zero-order valence-corrected chi connectivity index (χ0v) is 12.9. The Morgan fingerprint density at radius 1 is 1.47 bits per heavy atom. The van der Waals surface area contributed by atoms with Gasteiger partial charge in [-0.3, -0.25) is 4.99 Å². The van der Waals surface area contributed by atoms with E-state index < -0.39 is 10.0 Å². The molecule has 0 aromatic heterocycles. The van der Waals surface area contributed by atoms with Gasteiger partial charge in [0.2, 0.25) is 10.0 Å². The lowest BCUT2D eigenvalue weighted by atomic mass is 10.0. The van der Waals surface area contributed by atoms with Crippen LogP contribution < -0.4 is 11.1 Å². The van der Waals surface area contributed by atoms with Gasteiger partial charge in [0.1, 0.15) is 0 Å². The number of hydrogen-bond donors (Lipinski definition) is 2. The zero-order chi connectivity index (χ0) is 11.8. The Hall–Kier alpha value is -0.0900. The molecule has 17 heavy (non-hydrogen) atoms. The number of nitrogens with two attached hydrogens (primary N) is 1. The molecule has 0 aromatic carbocycles. The van der Waals surface area contributed by atoms with Gasteiger partial charge >= 0.3 is 0 Å². The first kappa shape index (κ1) is 15.0. The first-order valence-corrected chi connectivity index (χ1v) is 7.31. The molecule has 1 saturated carbocycles. The van der Waals surface area contributed by atoms with Crippen molar-refractivity contribution in [1.82, 2.24) is 9.62 Å². The number of nitrogens with one attached hydrogen (secondary N) is 1. The second-order valence-corrected chi connectivity index (χ2v) is 6.57. The van der Waals surface area contributed by atoms with Gasteiger partial charge in [-0.2, -0.15) is 0 Å². The summed E-state index contributed by atoms with van der Waals surface area (Å²) in [6.07, 6.45) is 3.57. The Labute approximate surface area is 119 Å². The van der Waals surface area contributed by atoms with Crippen LogP contribution in [0.25, 0.3) is 0 Å². The summed E-state index contributed by atoms with van der Waals surface area (Å²) in [5, 5.41) is 3.09. The third-order valence-corrected chi connectivity index (χ3v) is 4.08. The first-order chi connectivity index (χ1) is 7.45. The number of guanidine groups is 1. The van der Waals surface area contributed by atoms with Crippen molar-refractivity contribution in [3.63, 3.8) is 0 Å². The van der Waals surface area contributed by atoms with Crippen molar-refractivity contribution in [3.05, 3.63) is 0 Å². The van der Waals surface area contributed by atoms with Gasteiger partial charge < -0.3 is 11.1 Å². The van der Waals surface area contributed by atoms with Crippen LogP contribution in [0.5, 0.6) is 0 Å². The lowest BCUT2D eigenvalue weighted by Crippen LogP contribution is -2.50. The molecule has 0 radical (unpaired) electrons. The van der Waals surface area contributed by atoms with Gasteiger partial charge in [0.15, 0.2) is 5.96 Å². The van der Waals surface area contributed by atoms with E-state index in [1.54, 1.807) is 0 Å². The van der Waals surface area contributed by atoms with E-state index in [0.717, 1.165) is 0 Å². The van der Waals surface area contributed by atoms with E-state index in [-0.39, 0.29) is 24.0 Å². The summed E-state index contributed by atoms with van der Waals surface area (Å²) in [5.74, 6) is 0.801. The fourth-order valence-electron chi connectivity index (χ4n) is 1.62. The van der Waals surface area contributed by atoms with Crippen LogP contribution in [0, 0.1) is 5.92 Å². The maximum atomic E-state index is 11.1. The Bertz CT molecular complexity index is 388. The molecule has 1 saturated heterocycles. The Morgan fingerprint density at radius 2 is 2.06 bits per heavy atom. The smallest absolute Gasteiger partial charge is 0.211 e. The normalized spacial score (nSPS) is 22.8. The maximum absolute atomic E-state index is 11.1. The highest BCUT2D eigenvalue weighted by Crippen LogP contribution is 2.19. The van der Waals surface area contributed by atoms with E-state index in [0.29, 0.717) is 37.6 Å². The van der Waals surface area contributed by atoms with E-state index >= 15 is 0 Å². The third kappa shape index (κ3) is 4.59. The van der Waals surface area contributed by atoms with Gasteiger partial charge in [0, 0.05) is 31.6 Å². The van der Waals surface area contributed by atoms with Crippen molar-refractivity contribution < 1.29 is 8.42 Å². The van der Waals surface area contributed by atoms with Crippen LogP contribution >= 0.6 is 24.0 Å². The van der Waals surface area contributed by atoms with Crippen molar-refractivity contribution in [2.75, 3.05) is 25.9 Å². The molecule has 2 fully saturated rings. The van der Waals surface area contributed by atoms with E-state index in [1.807, 2.05) is 0 Å². The number of rotatable bonds is 4. The van der Waals surface area contributed by atoms with Gasteiger partial charge in [0.25, 0.3) is 0 Å². The minimum atomic E-state index is -3.01. The number of nitrogens with zero attached hydrogens (tertiary/aromatic N) is 2. The molecule has 6 nitrogen and oxygen atoms in total. The lowest BCUT2D eigenvalue weighted by Gasteiger charge is -2.36. The molecule has 8 heteroatoms. The second-order valence-electron chi connectivity index (χ2n) is 4.59. The fourth-order valence-corrected chi connectivity index (χ4v) is 2.58. The molecular formula is C9H19IN4O2S. The summed E-state index contributed by atoms with van der Waals surface area (Å²) in [6.45, 7) is 1.75. The molecule has 2 rings (SSSR count). The van der Waals surface area contributed by atoms with Crippen LogP contribution in [0.1, 0.15) is 12.8 Å². The predicted molar refractivity (Wildman–Crippen MR) is 78.0 cm³/mol. The van der Waals surface area contributed by atoms with Gasteiger partial charge in [-0.15, -0.1) is 24.0 Å². The van der Waals surface area contributed by atoms with E-state index in [2.05, 4.69) is 10.3 Å². The highest BCUT2D eigenvalue weighted by molar-refractivity contribution is 14.0. The number of hydrogen-bond acceptors (Lipinski definition) is 3. The quantitative estimate of drug-likeness (QED) is 0.397. The standard InChI is InChI=1S/C9H18N4O2S.HI/c1-16(14,15)13-5-7(6-13)4-11-9(10)12-8-2-3-8;/h7-8H,2-6H2,1H3,(H3,10,11,12);1H. The van der Waals surface area contributed by atoms with Gasteiger partial charge in [-0.1, -0.05) is 0 Å². The molecule has 0 bridgehead atoms. The molecule has 1 heterocycles. The van der Waals surface area contributed by atoms with Crippen molar-refractivity contribution in [2.45, 2.75) is 18.9 Å². The summed E-state index contributed by atoms with van der Waals surface area (Å²) in [6, 6.07) is 0.512. The molecule has 0 amide bonds. The first-order valence-electron chi connectivity index (χ1n) is 5.47. The van der Waals surface area contributed by atoms with Crippen LogP contribution in [-0.4, -0.2) is 50.6 Å². The zero-order valence-electron chi connectivity index (χ0n) is 9.80. The summed E-state index contributed by atoms with van der Waals surface area (Å²) >= 11 is 0. The molecule has 0 aromatic rings. The molecule has 0 atom stereocenters. The molecule has 100 valence electrons. The van der Waals surface area contributed by atoms with Crippen molar-refractivity contribution in [3.8, 4) is 0 Å². The predicted octanol–water partition coefficient (Wildman–Crippen LogP) is -0.437. The summed E-state index contributed by atoms with van der Waals surface area (Å²) < 4.78 is 23.7. The average molecular weight is 374 g/mol. The van der Waals surface area contributed by atoms with Crippen LogP contribution in [-0.2, 0) is 10.0 Å². The number of aliphatic imine (C=N–C) groups is 1. The summed E-state index contributed by atoms with van der Waals surface area (Å²) in [4.78, 5) is 4.20. The average Bonchev–Trinajstić information content (AvgIpc) is 2.82. The van der Waals surface area contributed by atoms with Gasteiger partial charge in [-0.05, 0) is 12.8 Å². The van der Waals surface area contributed by atoms with Crippen LogP contribution in [0.4, 0.5) is 0 Å². The molecule has 0 spiro atoms. The maximum Gasteiger partial charge on any atom is 0.211 e. The number of sulfonamides is 1. The van der Waals surface area contributed by atoms with E-state index in [4.69, 9.17) is 5.73 Å². The molecular weight excluding hydrogens is 355 g/mol. The van der Waals surface area contributed by atoms with Crippen molar-refractivity contribution >= 4 is 40.0 Å². The minimum Gasteiger partial charge on any atom is -0.370 e. The molecule has 1 aliphatic carbocycles. The van der Waals surface area contributed by atoms with Crippen LogP contribution in [0.3, 0.4) is 0 Å².